The van der Waals surface area contributed by atoms with Crippen LogP contribution in [0.1, 0.15) is 42.5 Å². The van der Waals surface area contributed by atoms with Gasteiger partial charge in [0.05, 0.1) is 17.9 Å². The van der Waals surface area contributed by atoms with Crippen molar-refractivity contribution in [1.29, 1.82) is 0 Å². The lowest BCUT2D eigenvalue weighted by Gasteiger charge is -2.23. The predicted octanol–water partition coefficient (Wildman–Crippen LogP) is 2.20. The van der Waals surface area contributed by atoms with Crippen LogP contribution in [0.5, 0.6) is 0 Å². The van der Waals surface area contributed by atoms with Gasteiger partial charge in [0.2, 0.25) is 0 Å². The summed E-state index contributed by atoms with van der Waals surface area (Å²) in [5.41, 5.74) is 1.51. The average molecular weight is 277 g/mol. The molecule has 1 aromatic rings. The lowest BCUT2D eigenvalue weighted by Crippen LogP contribution is -2.27. The Labute approximate surface area is 120 Å². The number of carbonyl (C=O) groups excluding carboxylic acids is 1. The Hall–Kier alpha value is -1.62. The van der Waals surface area contributed by atoms with Gasteiger partial charge < -0.3 is 15.4 Å². The molecule has 2 rings (SSSR count). The minimum Gasteiger partial charge on any atom is -0.383 e. The molecule has 1 heterocycles. The van der Waals surface area contributed by atoms with Crippen LogP contribution in [0.3, 0.4) is 0 Å². The molecule has 0 aliphatic heterocycles. The molecule has 1 fully saturated rings. The van der Waals surface area contributed by atoms with Crippen LogP contribution in [0, 0.1) is 0 Å². The van der Waals surface area contributed by atoms with Gasteiger partial charge in [0.15, 0.2) is 0 Å². The zero-order valence-corrected chi connectivity index (χ0v) is 12.0. The van der Waals surface area contributed by atoms with Crippen molar-refractivity contribution in [3.8, 4) is 0 Å². The quantitative estimate of drug-likeness (QED) is 0.783. The van der Waals surface area contributed by atoms with E-state index >= 15 is 0 Å². The number of carbonyl (C=O) groups is 1. The standard InChI is InChI=1S/C15H23N3O2/c1-20-8-7-17-15(19)12-9-14(11-16-10-12)18-13-5-3-2-4-6-13/h9-11,13,18H,2-8H2,1H3,(H,17,19). The number of methoxy groups -OCH3 is 1. The van der Waals surface area contributed by atoms with Gasteiger partial charge in [0.1, 0.15) is 0 Å². The summed E-state index contributed by atoms with van der Waals surface area (Å²) in [4.78, 5) is 16.1. The molecule has 0 unspecified atom stereocenters. The van der Waals surface area contributed by atoms with Crippen molar-refractivity contribution in [2.45, 2.75) is 38.1 Å². The van der Waals surface area contributed by atoms with E-state index in [1.165, 1.54) is 32.1 Å². The zero-order valence-electron chi connectivity index (χ0n) is 12.0. The molecule has 0 saturated heterocycles. The Morgan fingerprint density at radius 3 is 2.90 bits per heavy atom. The van der Waals surface area contributed by atoms with Crippen molar-refractivity contribution in [2.24, 2.45) is 0 Å². The third-order valence-corrected chi connectivity index (χ3v) is 3.57. The fourth-order valence-electron chi connectivity index (χ4n) is 2.49. The number of hydrogen-bond acceptors (Lipinski definition) is 4. The number of rotatable bonds is 6. The highest BCUT2D eigenvalue weighted by Crippen LogP contribution is 2.21. The summed E-state index contributed by atoms with van der Waals surface area (Å²) in [6.45, 7) is 1.02. The molecule has 0 atom stereocenters. The molecule has 1 aliphatic rings. The highest BCUT2D eigenvalue weighted by atomic mass is 16.5. The smallest absolute Gasteiger partial charge is 0.253 e. The number of amides is 1. The Morgan fingerprint density at radius 1 is 1.35 bits per heavy atom. The lowest BCUT2D eigenvalue weighted by molar-refractivity contribution is 0.0937. The minimum atomic E-state index is -0.109. The summed E-state index contributed by atoms with van der Waals surface area (Å²) < 4.78 is 4.91. The third kappa shape index (κ3) is 4.49. The molecule has 0 radical (unpaired) electrons. The largest absolute Gasteiger partial charge is 0.383 e. The summed E-state index contributed by atoms with van der Waals surface area (Å²) in [7, 11) is 1.61. The van der Waals surface area contributed by atoms with E-state index in [0.717, 1.165) is 5.69 Å². The Kier molecular flexibility index (Phi) is 5.80. The first-order chi connectivity index (χ1) is 9.79. The van der Waals surface area contributed by atoms with Crippen LogP contribution in [0.4, 0.5) is 5.69 Å². The van der Waals surface area contributed by atoms with Crippen LogP contribution in [0.25, 0.3) is 0 Å². The van der Waals surface area contributed by atoms with E-state index < -0.39 is 0 Å². The van der Waals surface area contributed by atoms with Gasteiger partial charge in [-0.25, -0.2) is 0 Å². The summed E-state index contributed by atoms with van der Waals surface area (Å²) in [6.07, 6.45) is 9.66. The maximum absolute atomic E-state index is 11.9. The SMILES string of the molecule is COCCNC(=O)c1cncc(NC2CCCCC2)c1. The molecule has 5 heteroatoms. The first-order valence-corrected chi connectivity index (χ1v) is 7.28. The second kappa shape index (κ2) is 7.85. The number of nitrogens with one attached hydrogen (secondary N) is 2. The minimum absolute atomic E-state index is 0.109. The van der Waals surface area contributed by atoms with Crippen LogP contribution in [-0.4, -0.2) is 37.2 Å². The first kappa shape index (κ1) is 14.8. The molecule has 0 aromatic carbocycles. The fraction of sp³-hybridized carbons (Fsp3) is 0.600. The van der Waals surface area contributed by atoms with Crippen molar-refractivity contribution < 1.29 is 9.53 Å². The number of hydrogen-bond donors (Lipinski definition) is 2. The van der Waals surface area contributed by atoms with Crippen molar-refractivity contribution in [3.63, 3.8) is 0 Å². The van der Waals surface area contributed by atoms with Gasteiger partial charge in [-0.3, -0.25) is 9.78 Å². The average Bonchev–Trinajstić information content (AvgIpc) is 2.49. The van der Waals surface area contributed by atoms with E-state index in [4.69, 9.17) is 4.74 Å². The van der Waals surface area contributed by atoms with E-state index in [1.807, 2.05) is 6.07 Å². The van der Waals surface area contributed by atoms with Gasteiger partial charge in [0, 0.05) is 32.1 Å². The van der Waals surface area contributed by atoms with Crippen molar-refractivity contribution in [1.82, 2.24) is 10.3 Å². The molecular weight excluding hydrogens is 254 g/mol. The molecule has 20 heavy (non-hydrogen) atoms. The number of aromatic nitrogens is 1. The van der Waals surface area contributed by atoms with E-state index in [2.05, 4.69) is 15.6 Å². The topological polar surface area (TPSA) is 63.2 Å². The van der Waals surface area contributed by atoms with Gasteiger partial charge in [-0.1, -0.05) is 19.3 Å². The summed E-state index contributed by atoms with van der Waals surface area (Å²) in [5.74, 6) is -0.109. The summed E-state index contributed by atoms with van der Waals surface area (Å²) >= 11 is 0. The van der Waals surface area contributed by atoms with Crippen LogP contribution in [0.2, 0.25) is 0 Å². The molecule has 2 N–H and O–H groups in total. The molecule has 1 aliphatic carbocycles. The first-order valence-electron chi connectivity index (χ1n) is 7.28. The second-order valence-electron chi connectivity index (χ2n) is 5.19. The second-order valence-corrected chi connectivity index (χ2v) is 5.19. The fourth-order valence-corrected chi connectivity index (χ4v) is 2.49. The van der Waals surface area contributed by atoms with E-state index in [9.17, 15) is 4.79 Å². The number of ether oxygens (including phenoxy) is 1. The molecule has 110 valence electrons. The van der Waals surface area contributed by atoms with Crippen LogP contribution >= 0.6 is 0 Å². The van der Waals surface area contributed by atoms with Gasteiger partial charge in [-0.2, -0.15) is 0 Å². The van der Waals surface area contributed by atoms with Crippen molar-refractivity contribution >= 4 is 11.6 Å². The molecule has 0 spiro atoms. The number of nitrogens with zero attached hydrogens (tertiary/aromatic N) is 1. The van der Waals surface area contributed by atoms with Gasteiger partial charge >= 0.3 is 0 Å². The van der Waals surface area contributed by atoms with Gasteiger partial charge in [-0.15, -0.1) is 0 Å². The van der Waals surface area contributed by atoms with Crippen LogP contribution < -0.4 is 10.6 Å². The van der Waals surface area contributed by atoms with Crippen LogP contribution in [-0.2, 0) is 4.74 Å². The summed E-state index contributed by atoms with van der Waals surface area (Å²) in [6, 6.07) is 2.38. The highest BCUT2D eigenvalue weighted by molar-refractivity contribution is 5.94. The molecule has 1 saturated carbocycles. The number of pyridine rings is 1. The maximum atomic E-state index is 11.9. The number of anilines is 1. The Bertz CT molecular complexity index is 431. The molecule has 5 nitrogen and oxygen atoms in total. The normalized spacial score (nSPS) is 15.8. The van der Waals surface area contributed by atoms with E-state index in [-0.39, 0.29) is 5.91 Å². The van der Waals surface area contributed by atoms with Crippen LogP contribution in [0.15, 0.2) is 18.5 Å². The predicted molar refractivity (Wildman–Crippen MR) is 78.9 cm³/mol. The van der Waals surface area contributed by atoms with E-state index in [0.29, 0.717) is 24.8 Å². The van der Waals surface area contributed by atoms with E-state index in [1.54, 1.807) is 19.5 Å². The third-order valence-electron chi connectivity index (χ3n) is 3.57. The molecule has 0 bridgehead atoms. The summed E-state index contributed by atoms with van der Waals surface area (Å²) in [5, 5.41) is 6.28. The Balaban J connectivity index is 1.91. The van der Waals surface area contributed by atoms with Gasteiger partial charge in [-0.05, 0) is 18.9 Å². The monoisotopic (exact) mass is 277 g/mol. The maximum Gasteiger partial charge on any atom is 0.253 e. The highest BCUT2D eigenvalue weighted by Gasteiger charge is 2.14. The molecule has 1 amide bonds. The molecular formula is C15H23N3O2. The van der Waals surface area contributed by atoms with Crippen molar-refractivity contribution in [2.75, 3.05) is 25.6 Å². The Morgan fingerprint density at radius 2 is 2.15 bits per heavy atom. The molecule has 1 aromatic heterocycles. The van der Waals surface area contributed by atoms with Gasteiger partial charge in [0.25, 0.3) is 5.91 Å². The van der Waals surface area contributed by atoms with Crippen molar-refractivity contribution in [3.05, 3.63) is 24.0 Å². The zero-order chi connectivity index (χ0) is 14.2. The lowest BCUT2D eigenvalue weighted by atomic mass is 9.95.